The largest absolute Gasteiger partial charge is 0.496 e. The fourth-order valence-corrected chi connectivity index (χ4v) is 6.00. The van der Waals surface area contributed by atoms with Crippen molar-refractivity contribution in [2.24, 2.45) is 0 Å². The van der Waals surface area contributed by atoms with E-state index in [9.17, 15) is 0 Å². The average molecular weight is 604 g/mol. The first kappa shape index (κ1) is 32.1. The third-order valence-corrected chi connectivity index (χ3v) is 8.44. The Morgan fingerprint density at radius 2 is 1.86 bits per heavy atom. The predicted molar refractivity (Wildman–Crippen MR) is 175 cm³/mol. The molecule has 44 heavy (non-hydrogen) atoms. The van der Waals surface area contributed by atoms with Crippen molar-refractivity contribution in [2.45, 2.75) is 50.9 Å². The zero-order valence-corrected chi connectivity index (χ0v) is 26.4. The molecule has 2 heterocycles. The zero-order chi connectivity index (χ0) is 30.4. The van der Waals surface area contributed by atoms with Crippen molar-refractivity contribution in [3.63, 3.8) is 0 Å². The number of para-hydroxylation sites is 1. The van der Waals surface area contributed by atoms with Gasteiger partial charge in [-0.2, -0.15) is 0 Å². The Labute approximate surface area is 263 Å². The van der Waals surface area contributed by atoms with Gasteiger partial charge in [-0.15, -0.1) is 0 Å². The van der Waals surface area contributed by atoms with Crippen LogP contribution in [0.1, 0.15) is 48.3 Å². The van der Waals surface area contributed by atoms with Crippen molar-refractivity contribution < 1.29 is 23.7 Å². The van der Waals surface area contributed by atoms with E-state index in [4.69, 9.17) is 23.7 Å². The highest BCUT2D eigenvalue weighted by atomic mass is 16.5. The Bertz CT molecular complexity index is 1270. The summed E-state index contributed by atoms with van der Waals surface area (Å²) in [5.74, 6) is 3.07. The number of unbranched alkanes of at least 4 members (excludes halogenated alkanes) is 1. The fraction of sp³-hybridized carbons (Fsp3) is 0.500. The van der Waals surface area contributed by atoms with E-state index in [1.807, 2.05) is 31.3 Å². The summed E-state index contributed by atoms with van der Waals surface area (Å²) in [4.78, 5) is 2.46. The highest BCUT2D eigenvalue weighted by Crippen LogP contribution is 2.34. The van der Waals surface area contributed by atoms with Crippen molar-refractivity contribution in [3.05, 3.63) is 83.4 Å². The van der Waals surface area contributed by atoms with Gasteiger partial charge >= 0.3 is 0 Å². The number of fused-ring (bicyclic) bond motifs is 1. The van der Waals surface area contributed by atoms with Gasteiger partial charge in [0.25, 0.3) is 0 Å². The number of hydrogen-bond acceptors (Lipinski definition) is 8. The predicted octanol–water partition coefficient (Wildman–Crippen LogP) is 5.54. The molecule has 3 aromatic rings. The van der Waals surface area contributed by atoms with Crippen LogP contribution in [0.3, 0.4) is 0 Å². The molecule has 8 nitrogen and oxygen atoms in total. The fourth-order valence-electron chi connectivity index (χ4n) is 6.00. The van der Waals surface area contributed by atoms with Gasteiger partial charge in [0.05, 0.1) is 51.9 Å². The molecule has 2 atom stereocenters. The summed E-state index contributed by atoms with van der Waals surface area (Å²) in [7, 11) is 3.70. The summed E-state index contributed by atoms with van der Waals surface area (Å²) in [6, 6.07) is 23.0. The lowest BCUT2D eigenvalue weighted by Crippen LogP contribution is -2.41. The molecular weight excluding hydrogens is 554 g/mol. The molecule has 2 aliphatic rings. The Balaban J connectivity index is 1.08. The van der Waals surface area contributed by atoms with Crippen molar-refractivity contribution >= 4 is 5.69 Å². The molecule has 0 amide bonds. The normalized spacial score (nSPS) is 18.0. The number of piperidine rings is 1. The molecule has 238 valence electrons. The molecule has 0 saturated carbocycles. The number of benzene rings is 3. The Kier molecular flexibility index (Phi) is 12.6. The highest BCUT2D eigenvalue weighted by molar-refractivity contribution is 5.61. The molecule has 0 bridgehead atoms. The van der Waals surface area contributed by atoms with E-state index < -0.39 is 0 Å². The molecule has 1 saturated heterocycles. The number of rotatable bonds is 17. The summed E-state index contributed by atoms with van der Waals surface area (Å²) in [5.41, 5.74) is 4.74. The van der Waals surface area contributed by atoms with Crippen LogP contribution in [-0.2, 0) is 22.7 Å². The molecule has 2 aliphatic heterocycles. The molecule has 0 radical (unpaired) electrons. The van der Waals surface area contributed by atoms with Crippen LogP contribution in [0.5, 0.6) is 17.2 Å². The quantitative estimate of drug-likeness (QED) is 0.195. The summed E-state index contributed by atoms with van der Waals surface area (Å²) >= 11 is 0. The number of methoxy groups -OCH3 is 1. The lowest BCUT2D eigenvalue weighted by Gasteiger charge is -2.33. The maximum atomic E-state index is 6.57. The standard InChI is InChI=1S/C36H49N3O5/c1-37-17-5-6-19-39-20-23-43-35-15-10-28(24-33(35)39)26-44-36-25-38-18-16-32(36)29-11-13-31(14-12-29)42-22-7-21-41-27-30-8-3-4-9-34(30)40-2/h3-4,8-15,24,32,36-38H,5-7,16-23,25-27H2,1-2H3. The monoisotopic (exact) mass is 603 g/mol. The van der Waals surface area contributed by atoms with Gasteiger partial charge in [0.15, 0.2) is 0 Å². The van der Waals surface area contributed by atoms with Crippen LogP contribution in [0.15, 0.2) is 66.7 Å². The number of nitrogens with zero attached hydrogens (tertiary/aromatic N) is 1. The van der Waals surface area contributed by atoms with Crippen molar-refractivity contribution in [1.82, 2.24) is 10.6 Å². The molecule has 1 fully saturated rings. The van der Waals surface area contributed by atoms with Gasteiger partial charge < -0.3 is 39.2 Å². The smallest absolute Gasteiger partial charge is 0.142 e. The minimum atomic E-state index is 0.112. The maximum absolute atomic E-state index is 6.57. The summed E-state index contributed by atoms with van der Waals surface area (Å²) in [5, 5.41) is 6.77. The lowest BCUT2D eigenvalue weighted by atomic mass is 9.87. The first-order valence-electron chi connectivity index (χ1n) is 16.1. The first-order chi connectivity index (χ1) is 21.7. The van der Waals surface area contributed by atoms with E-state index in [1.54, 1.807) is 7.11 Å². The van der Waals surface area contributed by atoms with E-state index in [1.165, 1.54) is 29.7 Å². The van der Waals surface area contributed by atoms with Gasteiger partial charge in [-0.05, 0) is 80.9 Å². The SMILES string of the molecule is CNCCCCN1CCOc2ccc(COC3CNCCC3c3ccc(OCCCOCc4ccccc4OC)cc3)cc21. The van der Waals surface area contributed by atoms with Crippen molar-refractivity contribution in [3.8, 4) is 17.2 Å². The zero-order valence-electron chi connectivity index (χ0n) is 26.4. The van der Waals surface area contributed by atoms with Crippen LogP contribution >= 0.6 is 0 Å². The molecule has 2 N–H and O–H groups in total. The minimum Gasteiger partial charge on any atom is -0.496 e. The molecule has 0 spiro atoms. The molecular formula is C36H49N3O5. The van der Waals surface area contributed by atoms with E-state index in [2.05, 4.69) is 58.0 Å². The Morgan fingerprint density at radius 1 is 0.977 bits per heavy atom. The average Bonchev–Trinajstić information content (AvgIpc) is 3.08. The van der Waals surface area contributed by atoms with Gasteiger partial charge in [-0.3, -0.25) is 0 Å². The summed E-state index contributed by atoms with van der Waals surface area (Å²) in [6.45, 7) is 8.00. The number of hydrogen-bond donors (Lipinski definition) is 2. The number of anilines is 1. The molecule has 0 aliphatic carbocycles. The molecule has 5 rings (SSSR count). The molecule has 0 aromatic heterocycles. The topological polar surface area (TPSA) is 73.5 Å². The van der Waals surface area contributed by atoms with Gasteiger partial charge in [-0.1, -0.05) is 36.4 Å². The van der Waals surface area contributed by atoms with Crippen molar-refractivity contribution in [1.29, 1.82) is 0 Å². The van der Waals surface area contributed by atoms with E-state index in [-0.39, 0.29) is 6.10 Å². The van der Waals surface area contributed by atoms with Crippen LogP contribution in [0.2, 0.25) is 0 Å². The Morgan fingerprint density at radius 3 is 2.73 bits per heavy atom. The second-order valence-electron chi connectivity index (χ2n) is 11.5. The number of ether oxygens (including phenoxy) is 5. The lowest BCUT2D eigenvalue weighted by molar-refractivity contribution is 0.0106. The third kappa shape index (κ3) is 9.11. The van der Waals surface area contributed by atoms with Gasteiger partial charge in [-0.25, -0.2) is 0 Å². The Hall–Kier alpha value is -3.30. The third-order valence-electron chi connectivity index (χ3n) is 8.44. The second kappa shape index (κ2) is 17.3. The second-order valence-corrected chi connectivity index (χ2v) is 11.5. The van der Waals surface area contributed by atoms with Crippen LogP contribution in [0.25, 0.3) is 0 Å². The summed E-state index contributed by atoms with van der Waals surface area (Å²) in [6.07, 6.45) is 4.33. The first-order valence-corrected chi connectivity index (χ1v) is 16.1. The van der Waals surface area contributed by atoms with Gasteiger partial charge in [0, 0.05) is 31.0 Å². The van der Waals surface area contributed by atoms with Crippen LogP contribution < -0.4 is 29.7 Å². The van der Waals surface area contributed by atoms with Crippen molar-refractivity contribution in [2.75, 3.05) is 71.6 Å². The summed E-state index contributed by atoms with van der Waals surface area (Å²) < 4.78 is 29.8. The van der Waals surface area contributed by atoms with Crippen LogP contribution in [0, 0.1) is 0 Å². The van der Waals surface area contributed by atoms with E-state index >= 15 is 0 Å². The van der Waals surface area contributed by atoms with Crippen LogP contribution in [0.4, 0.5) is 5.69 Å². The minimum absolute atomic E-state index is 0.112. The highest BCUT2D eigenvalue weighted by Gasteiger charge is 2.27. The van der Waals surface area contributed by atoms with Crippen LogP contribution in [-0.4, -0.2) is 72.8 Å². The molecule has 2 unspecified atom stereocenters. The van der Waals surface area contributed by atoms with Gasteiger partial charge in [0.1, 0.15) is 23.9 Å². The van der Waals surface area contributed by atoms with E-state index in [0.717, 1.165) is 75.0 Å². The maximum Gasteiger partial charge on any atom is 0.142 e. The number of nitrogens with one attached hydrogen (secondary N) is 2. The molecule has 8 heteroatoms. The van der Waals surface area contributed by atoms with E-state index in [0.29, 0.717) is 32.3 Å². The molecule has 3 aromatic carbocycles. The van der Waals surface area contributed by atoms with Gasteiger partial charge in [0.2, 0.25) is 0 Å².